The summed E-state index contributed by atoms with van der Waals surface area (Å²) in [6.07, 6.45) is 21.1. The molecule has 0 N–H and O–H groups in total. The molecule has 156 valence electrons. The van der Waals surface area contributed by atoms with Gasteiger partial charge in [0, 0.05) is 0 Å². The zero-order valence-corrected chi connectivity index (χ0v) is 18.1. The number of carbonyl (C=O) groups is 1. The summed E-state index contributed by atoms with van der Waals surface area (Å²) in [5.41, 5.74) is 0. The lowest BCUT2D eigenvalue weighted by molar-refractivity contribution is -0.161. The monoisotopic (exact) mass is 376 g/mol. The molecule has 3 aliphatic rings. The molecule has 0 bridgehead atoms. The van der Waals surface area contributed by atoms with Crippen molar-refractivity contribution in [2.24, 2.45) is 29.6 Å². The zero-order chi connectivity index (χ0) is 19.1. The molecule has 1 saturated heterocycles. The van der Waals surface area contributed by atoms with Crippen LogP contribution in [-0.4, -0.2) is 12.1 Å². The summed E-state index contributed by atoms with van der Waals surface area (Å²) < 4.78 is 5.87. The van der Waals surface area contributed by atoms with Crippen molar-refractivity contribution in [3.8, 4) is 0 Å². The summed E-state index contributed by atoms with van der Waals surface area (Å²) in [6, 6.07) is 0. The molecule has 2 saturated carbocycles. The van der Waals surface area contributed by atoms with Crippen LogP contribution in [0.25, 0.3) is 0 Å². The van der Waals surface area contributed by atoms with E-state index in [4.69, 9.17) is 4.74 Å². The van der Waals surface area contributed by atoms with Crippen LogP contribution in [0.3, 0.4) is 0 Å². The molecule has 0 aromatic carbocycles. The first-order valence-corrected chi connectivity index (χ1v) is 12.3. The molecule has 0 amide bonds. The summed E-state index contributed by atoms with van der Waals surface area (Å²) in [5.74, 6) is 4.00. The van der Waals surface area contributed by atoms with Crippen LogP contribution >= 0.6 is 0 Å². The second-order valence-electron chi connectivity index (χ2n) is 10.3. The van der Waals surface area contributed by atoms with Gasteiger partial charge in [-0.1, -0.05) is 78.1 Å². The third-order valence-corrected chi connectivity index (χ3v) is 8.07. The molecule has 27 heavy (non-hydrogen) atoms. The van der Waals surface area contributed by atoms with E-state index in [0.29, 0.717) is 0 Å². The van der Waals surface area contributed by atoms with Crippen molar-refractivity contribution in [1.82, 2.24) is 0 Å². The van der Waals surface area contributed by atoms with E-state index < -0.39 is 0 Å². The Morgan fingerprint density at radius 3 is 1.85 bits per heavy atom. The molecule has 2 unspecified atom stereocenters. The van der Waals surface area contributed by atoms with Crippen molar-refractivity contribution in [1.29, 1.82) is 0 Å². The van der Waals surface area contributed by atoms with E-state index in [0.717, 1.165) is 49.4 Å². The molecule has 3 fully saturated rings. The maximum Gasteiger partial charge on any atom is 0.309 e. The summed E-state index contributed by atoms with van der Waals surface area (Å²) in [6.45, 7) is 4.69. The van der Waals surface area contributed by atoms with E-state index in [9.17, 15) is 4.79 Å². The molecule has 0 spiro atoms. The Morgan fingerprint density at radius 1 is 0.704 bits per heavy atom. The molecule has 0 aromatic heterocycles. The molecule has 3 rings (SSSR count). The Morgan fingerprint density at radius 2 is 1.26 bits per heavy atom. The van der Waals surface area contributed by atoms with Crippen LogP contribution < -0.4 is 0 Å². The van der Waals surface area contributed by atoms with E-state index in [1.165, 1.54) is 77.0 Å². The van der Waals surface area contributed by atoms with Crippen LogP contribution in [0.15, 0.2) is 0 Å². The highest BCUT2D eigenvalue weighted by atomic mass is 16.5. The van der Waals surface area contributed by atoms with Crippen LogP contribution in [-0.2, 0) is 9.53 Å². The average Bonchev–Trinajstić information content (AvgIpc) is 2.68. The number of rotatable bonds is 8. The Balaban J connectivity index is 1.29. The number of hydrogen-bond donors (Lipinski definition) is 0. The molecule has 0 radical (unpaired) electrons. The van der Waals surface area contributed by atoms with E-state index in [1.807, 2.05) is 0 Å². The van der Waals surface area contributed by atoms with Gasteiger partial charge >= 0.3 is 5.97 Å². The van der Waals surface area contributed by atoms with E-state index >= 15 is 0 Å². The fourth-order valence-corrected chi connectivity index (χ4v) is 5.98. The zero-order valence-electron chi connectivity index (χ0n) is 18.1. The van der Waals surface area contributed by atoms with Crippen LogP contribution in [0.2, 0.25) is 0 Å². The lowest BCUT2D eigenvalue weighted by Crippen LogP contribution is -2.32. The molecule has 1 aliphatic heterocycles. The van der Waals surface area contributed by atoms with Crippen molar-refractivity contribution in [2.45, 2.75) is 123 Å². The summed E-state index contributed by atoms with van der Waals surface area (Å²) in [7, 11) is 0. The quantitative estimate of drug-likeness (QED) is 0.415. The number of esters is 1. The Labute approximate surface area is 168 Å². The minimum atomic E-state index is 0.127. The van der Waals surface area contributed by atoms with Gasteiger partial charge in [0.2, 0.25) is 0 Å². The highest BCUT2D eigenvalue weighted by molar-refractivity contribution is 5.73. The van der Waals surface area contributed by atoms with Gasteiger partial charge in [0.15, 0.2) is 0 Å². The van der Waals surface area contributed by atoms with Gasteiger partial charge in [-0.15, -0.1) is 0 Å². The van der Waals surface area contributed by atoms with E-state index in [2.05, 4.69) is 13.8 Å². The molecular weight excluding hydrogens is 332 g/mol. The van der Waals surface area contributed by atoms with Crippen LogP contribution in [0, 0.1) is 29.6 Å². The summed E-state index contributed by atoms with van der Waals surface area (Å²) in [5, 5.41) is 0. The lowest BCUT2D eigenvalue weighted by Gasteiger charge is -2.32. The topological polar surface area (TPSA) is 26.3 Å². The highest BCUT2D eigenvalue weighted by Gasteiger charge is 2.31. The predicted molar refractivity (Wildman–Crippen MR) is 113 cm³/mol. The summed E-state index contributed by atoms with van der Waals surface area (Å²) >= 11 is 0. The van der Waals surface area contributed by atoms with Gasteiger partial charge in [-0.3, -0.25) is 4.79 Å². The maximum atomic E-state index is 12.5. The van der Waals surface area contributed by atoms with Crippen LogP contribution in [0.4, 0.5) is 0 Å². The van der Waals surface area contributed by atoms with Gasteiger partial charge in [-0.05, 0) is 62.2 Å². The summed E-state index contributed by atoms with van der Waals surface area (Å²) in [4.78, 5) is 12.5. The maximum absolute atomic E-state index is 12.5. The Bertz CT molecular complexity index is 430. The lowest BCUT2D eigenvalue weighted by atomic mass is 9.77. The minimum Gasteiger partial charge on any atom is -0.462 e. The van der Waals surface area contributed by atoms with Gasteiger partial charge in [-0.25, -0.2) is 0 Å². The SMILES string of the molecule is CCCC1CCC(CCC2CCC(CCC3CCC(C)CC3)C(=O)O2)CC1. The molecular formula is C25H44O2. The van der Waals surface area contributed by atoms with Gasteiger partial charge in [0.05, 0.1) is 5.92 Å². The first-order valence-electron chi connectivity index (χ1n) is 12.3. The number of hydrogen-bond acceptors (Lipinski definition) is 2. The van der Waals surface area contributed by atoms with Gasteiger partial charge in [-0.2, -0.15) is 0 Å². The van der Waals surface area contributed by atoms with Gasteiger partial charge in [0.1, 0.15) is 6.10 Å². The Kier molecular flexibility index (Phi) is 8.52. The van der Waals surface area contributed by atoms with E-state index in [1.54, 1.807) is 0 Å². The molecule has 1 heterocycles. The molecule has 2 nitrogen and oxygen atoms in total. The molecule has 0 aromatic rings. The third kappa shape index (κ3) is 6.79. The van der Waals surface area contributed by atoms with Crippen LogP contribution in [0.5, 0.6) is 0 Å². The normalized spacial score (nSPS) is 37.8. The van der Waals surface area contributed by atoms with Crippen molar-refractivity contribution < 1.29 is 9.53 Å². The van der Waals surface area contributed by atoms with Crippen molar-refractivity contribution in [2.75, 3.05) is 0 Å². The highest BCUT2D eigenvalue weighted by Crippen LogP contribution is 2.37. The first-order chi connectivity index (χ1) is 13.1. The van der Waals surface area contributed by atoms with Gasteiger partial charge in [0.25, 0.3) is 0 Å². The number of carbonyl (C=O) groups excluding carboxylic acids is 1. The Hall–Kier alpha value is -0.530. The van der Waals surface area contributed by atoms with Crippen molar-refractivity contribution in [3.05, 3.63) is 0 Å². The first kappa shape index (κ1) is 21.2. The molecule has 2 aliphatic carbocycles. The largest absolute Gasteiger partial charge is 0.462 e. The molecule has 2 atom stereocenters. The van der Waals surface area contributed by atoms with Crippen molar-refractivity contribution in [3.63, 3.8) is 0 Å². The fourth-order valence-electron chi connectivity index (χ4n) is 5.98. The number of ether oxygens (including phenoxy) is 1. The number of cyclic esters (lactones) is 1. The second kappa shape index (κ2) is 10.9. The average molecular weight is 377 g/mol. The second-order valence-corrected chi connectivity index (χ2v) is 10.3. The molecule has 2 heteroatoms. The third-order valence-electron chi connectivity index (χ3n) is 8.07. The predicted octanol–water partition coefficient (Wildman–Crippen LogP) is 7.30. The van der Waals surface area contributed by atoms with Crippen molar-refractivity contribution >= 4 is 5.97 Å². The van der Waals surface area contributed by atoms with E-state index in [-0.39, 0.29) is 18.0 Å². The minimum absolute atomic E-state index is 0.127. The van der Waals surface area contributed by atoms with Crippen LogP contribution in [0.1, 0.15) is 117 Å². The fraction of sp³-hybridized carbons (Fsp3) is 0.960. The standard InChI is InChI=1S/C25H44O2/c1-3-4-20-9-11-22(12-10-20)14-17-24-18-16-23(25(26)27-24)15-13-21-7-5-19(2)6-8-21/h19-24H,3-18H2,1-2H3. The van der Waals surface area contributed by atoms with Gasteiger partial charge < -0.3 is 4.74 Å². The smallest absolute Gasteiger partial charge is 0.309 e.